The van der Waals surface area contributed by atoms with Gasteiger partial charge in [0.2, 0.25) is 0 Å². The molecule has 0 aromatic heterocycles. The lowest BCUT2D eigenvalue weighted by molar-refractivity contribution is 0.102. The molecule has 0 spiro atoms. The van der Waals surface area contributed by atoms with E-state index in [4.69, 9.17) is 9.47 Å². The number of hydrogen-bond donors (Lipinski definition) is 1. The molecule has 0 unspecified atom stereocenters. The van der Waals surface area contributed by atoms with Crippen molar-refractivity contribution in [2.75, 3.05) is 18.5 Å². The SMILES string of the molecule is CCOCc1cc(C(=O)Nc2c(F)cccc2F)ccc1OCC. The van der Waals surface area contributed by atoms with Crippen LogP contribution >= 0.6 is 0 Å². The van der Waals surface area contributed by atoms with Gasteiger partial charge in [-0.25, -0.2) is 8.78 Å². The third-order valence-electron chi connectivity index (χ3n) is 3.29. The Labute approximate surface area is 139 Å². The summed E-state index contributed by atoms with van der Waals surface area (Å²) in [4.78, 5) is 12.3. The number of halogens is 2. The lowest BCUT2D eigenvalue weighted by Crippen LogP contribution is -2.15. The Morgan fingerprint density at radius 2 is 1.79 bits per heavy atom. The van der Waals surface area contributed by atoms with Crippen molar-refractivity contribution in [3.63, 3.8) is 0 Å². The summed E-state index contributed by atoms with van der Waals surface area (Å²) in [6, 6.07) is 8.17. The molecule has 128 valence electrons. The van der Waals surface area contributed by atoms with E-state index in [1.807, 2.05) is 13.8 Å². The molecular formula is C18H19F2NO3. The highest BCUT2D eigenvalue weighted by atomic mass is 19.1. The number of rotatable bonds is 7. The van der Waals surface area contributed by atoms with Crippen LogP contribution in [0.4, 0.5) is 14.5 Å². The molecule has 2 aromatic carbocycles. The molecule has 24 heavy (non-hydrogen) atoms. The molecule has 0 aliphatic rings. The average Bonchev–Trinajstić information content (AvgIpc) is 2.57. The lowest BCUT2D eigenvalue weighted by Gasteiger charge is -2.13. The van der Waals surface area contributed by atoms with E-state index in [1.54, 1.807) is 12.1 Å². The second-order valence-corrected chi connectivity index (χ2v) is 4.94. The molecule has 0 fully saturated rings. The monoisotopic (exact) mass is 335 g/mol. The Bertz CT molecular complexity index is 699. The Morgan fingerprint density at radius 1 is 1.08 bits per heavy atom. The van der Waals surface area contributed by atoms with Gasteiger partial charge in [0.1, 0.15) is 23.1 Å². The van der Waals surface area contributed by atoms with Gasteiger partial charge in [0.25, 0.3) is 5.91 Å². The highest BCUT2D eigenvalue weighted by Crippen LogP contribution is 2.23. The first kappa shape index (κ1) is 17.9. The van der Waals surface area contributed by atoms with Crippen molar-refractivity contribution in [2.24, 2.45) is 0 Å². The van der Waals surface area contributed by atoms with Crippen LogP contribution in [0, 0.1) is 11.6 Å². The molecule has 0 heterocycles. The molecule has 0 radical (unpaired) electrons. The highest BCUT2D eigenvalue weighted by molar-refractivity contribution is 6.04. The van der Waals surface area contributed by atoms with Crippen molar-refractivity contribution in [3.05, 3.63) is 59.2 Å². The van der Waals surface area contributed by atoms with E-state index in [1.165, 1.54) is 12.1 Å². The molecule has 0 saturated heterocycles. The molecule has 2 rings (SSSR count). The molecule has 1 amide bonds. The smallest absolute Gasteiger partial charge is 0.255 e. The topological polar surface area (TPSA) is 47.6 Å². The molecular weight excluding hydrogens is 316 g/mol. The quantitative estimate of drug-likeness (QED) is 0.827. The predicted octanol–water partition coefficient (Wildman–Crippen LogP) is 4.15. The minimum absolute atomic E-state index is 0.260. The van der Waals surface area contributed by atoms with Crippen LogP contribution in [0.5, 0.6) is 5.75 Å². The molecule has 6 heteroatoms. The first-order chi connectivity index (χ1) is 11.6. The van der Waals surface area contributed by atoms with Crippen LogP contribution in [0.25, 0.3) is 0 Å². The molecule has 2 aromatic rings. The van der Waals surface area contributed by atoms with Crippen molar-refractivity contribution in [1.82, 2.24) is 0 Å². The fourth-order valence-corrected chi connectivity index (χ4v) is 2.14. The normalized spacial score (nSPS) is 10.5. The van der Waals surface area contributed by atoms with Crippen molar-refractivity contribution < 1.29 is 23.0 Å². The zero-order valence-corrected chi connectivity index (χ0v) is 13.6. The first-order valence-electron chi connectivity index (χ1n) is 7.65. The van der Waals surface area contributed by atoms with Crippen LogP contribution in [0.1, 0.15) is 29.8 Å². The number of carbonyl (C=O) groups is 1. The van der Waals surface area contributed by atoms with E-state index in [9.17, 15) is 13.6 Å². The Balaban J connectivity index is 2.25. The summed E-state index contributed by atoms with van der Waals surface area (Å²) >= 11 is 0. The van der Waals surface area contributed by atoms with E-state index in [2.05, 4.69) is 5.32 Å². The fourth-order valence-electron chi connectivity index (χ4n) is 2.14. The van der Waals surface area contributed by atoms with Gasteiger partial charge in [-0.05, 0) is 44.2 Å². The third kappa shape index (κ3) is 4.29. The summed E-state index contributed by atoms with van der Waals surface area (Å²) in [6.07, 6.45) is 0. The van der Waals surface area contributed by atoms with Crippen molar-refractivity contribution >= 4 is 11.6 Å². The largest absolute Gasteiger partial charge is 0.494 e. The van der Waals surface area contributed by atoms with Gasteiger partial charge < -0.3 is 14.8 Å². The molecule has 4 nitrogen and oxygen atoms in total. The van der Waals surface area contributed by atoms with Gasteiger partial charge in [0.15, 0.2) is 0 Å². The van der Waals surface area contributed by atoms with E-state index in [-0.39, 0.29) is 12.2 Å². The standard InChI is InChI=1S/C18H19F2NO3/c1-3-23-11-13-10-12(8-9-16(13)24-4-2)18(22)21-17-14(19)6-5-7-15(17)20/h5-10H,3-4,11H2,1-2H3,(H,21,22). The number of ether oxygens (including phenoxy) is 2. The summed E-state index contributed by atoms with van der Waals surface area (Å²) in [5.41, 5.74) is 0.485. The first-order valence-corrected chi connectivity index (χ1v) is 7.65. The average molecular weight is 335 g/mol. The summed E-state index contributed by atoms with van der Waals surface area (Å²) < 4.78 is 38.1. The molecule has 0 aliphatic carbocycles. The lowest BCUT2D eigenvalue weighted by atomic mass is 10.1. The Kier molecular flexibility index (Phi) is 6.26. The van der Waals surface area contributed by atoms with Gasteiger partial charge in [0.05, 0.1) is 13.2 Å². The minimum Gasteiger partial charge on any atom is -0.494 e. The van der Waals surface area contributed by atoms with Gasteiger partial charge in [-0.2, -0.15) is 0 Å². The number of hydrogen-bond acceptors (Lipinski definition) is 3. The predicted molar refractivity (Wildman–Crippen MR) is 87.3 cm³/mol. The molecule has 0 bridgehead atoms. The summed E-state index contributed by atoms with van der Waals surface area (Å²) in [5.74, 6) is -1.66. The molecule has 0 aliphatic heterocycles. The van der Waals surface area contributed by atoms with Crippen LogP contribution < -0.4 is 10.1 Å². The maximum absolute atomic E-state index is 13.6. The zero-order valence-electron chi connectivity index (χ0n) is 13.6. The van der Waals surface area contributed by atoms with E-state index < -0.39 is 23.2 Å². The molecule has 0 saturated carbocycles. The molecule has 1 N–H and O–H groups in total. The van der Waals surface area contributed by atoms with Gasteiger partial charge in [-0.1, -0.05) is 6.07 Å². The van der Waals surface area contributed by atoms with Crippen LogP contribution in [-0.2, 0) is 11.3 Å². The van der Waals surface area contributed by atoms with Crippen LogP contribution in [0.2, 0.25) is 0 Å². The maximum atomic E-state index is 13.6. The number of amides is 1. The minimum atomic E-state index is -0.830. The van der Waals surface area contributed by atoms with Gasteiger partial charge in [0, 0.05) is 17.7 Å². The second kappa shape index (κ2) is 8.40. The fraction of sp³-hybridized carbons (Fsp3) is 0.278. The Morgan fingerprint density at radius 3 is 2.42 bits per heavy atom. The number of benzene rings is 2. The zero-order chi connectivity index (χ0) is 17.5. The Hall–Kier alpha value is -2.47. The van der Waals surface area contributed by atoms with Crippen molar-refractivity contribution in [3.8, 4) is 5.75 Å². The number of para-hydroxylation sites is 1. The van der Waals surface area contributed by atoms with Crippen molar-refractivity contribution in [2.45, 2.75) is 20.5 Å². The van der Waals surface area contributed by atoms with Crippen LogP contribution in [-0.4, -0.2) is 19.1 Å². The van der Waals surface area contributed by atoms with Crippen LogP contribution in [0.15, 0.2) is 36.4 Å². The number of anilines is 1. The van der Waals surface area contributed by atoms with E-state index in [0.29, 0.717) is 24.5 Å². The number of nitrogens with one attached hydrogen (secondary N) is 1. The van der Waals surface area contributed by atoms with Gasteiger partial charge in [-0.3, -0.25) is 4.79 Å². The van der Waals surface area contributed by atoms with E-state index >= 15 is 0 Å². The second-order valence-electron chi connectivity index (χ2n) is 4.94. The summed E-state index contributed by atoms with van der Waals surface area (Å²) in [7, 11) is 0. The highest BCUT2D eigenvalue weighted by Gasteiger charge is 2.15. The summed E-state index contributed by atoms with van der Waals surface area (Å²) in [5, 5.41) is 2.26. The van der Waals surface area contributed by atoms with Gasteiger partial charge >= 0.3 is 0 Å². The van der Waals surface area contributed by atoms with Gasteiger partial charge in [-0.15, -0.1) is 0 Å². The molecule has 0 atom stereocenters. The van der Waals surface area contributed by atoms with Crippen LogP contribution in [0.3, 0.4) is 0 Å². The maximum Gasteiger partial charge on any atom is 0.255 e. The third-order valence-corrected chi connectivity index (χ3v) is 3.29. The van der Waals surface area contributed by atoms with E-state index in [0.717, 1.165) is 12.1 Å². The van der Waals surface area contributed by atoms with Crippen molar-refractivity contribution in [1.29, 1.82) is 0 Å². The summed E-state index contributed by atoms with van der Waals surface area (Å²) in [6.45, 7) is 4.98. The number of carbonyl (C=O) groups excluding carboxylic acids is 1.